The summed E-state index contributed by atoms with van der Waals surface area (Å²) in [6.07, 6.45) is 5.65. The zero-order chi connectivity index (χ0) is 10.7. The fraction of sp³-hybridized carbons (Fsp3) is 0.917. The molecule has 3 nitrogen and oxygen atoms in total. The van der Waals surface area contributed by atoms with Gasteiger partial charge in [-0.3, -0.25) is 4.99 Å². The van der Waals surface area contributed by atoms with Crippen molar-refractivity contribution in [3.05, 3.63) is 0 Å². The summed E-state index contributed by atoms with van der Waals surface area (Å²) < 4.78 is 0. The SMILES string of the molecule is CC1CCCCC1CNC1=NCCN1C.I. The van der Waals surface area contributed by atoms with Gasteiger partial charge in [0, 0.05) is 20.1 Å². The number of aliphatic imine (C=N–C) groups is 1. The van der Waals surface area contributed by atoms with Gasteiger partial charge in [0.05, 0.1) is 6.54 Å². The van der Waals surface area contributed by atoms with Crippen molar-refractivity contribution >= 4 is 29.9 Å². The molecule has 94 valence electrons. The zero-order valence-electron chi connectivity index (χ0n) is 10.4. The first-order valence-corrected chi connectivity index (χ1v) is 6.27. The van der Waals surface area contributed by atoms with Crippen molar-refractivity contribution in [3.8, 4) is 0 Å². The zero-order valence-corrected chi connectivity index (χ0v) is 12.7. The third-order valence-electron chi connectivity index (χ3n) is 3.87. The van der Waals surface area contributed by atoms with Crippen molar-refractivity contribution in [2.24, 2.45) is 16.8 Å². The molecule has 0 saturated heterocycles. The van der Waals surface area contributed by atoms with E-state index in [1.165, 1.54) is 25.7 Å². The van der Waals surface area contributed by atoms with Crippen LogP contribution in [0.4, 0.5) is 0 Å². The second kappa shape index (κ2) is 6.67. The smallest absolute Gasteiger partial charge is 0.193 e. The Kier molecular flexibility index (Phi) is 5.86. The quantitative estimate of drug-likeness (QED) is 0.783. The highest BCUT2D eigenvalue weighted by molar-refractivity contribution is 14.0. The van der Waals surface area contributed by atoms with E-state index in [1.807, 2.05) is 0 Å². The molecule has 0 radical (unpaired) electrons. The molecule has 0 bridgehead atoms. The highest BCUT2D eigenvalue weighted by Gasteiger charge is 2.22. The Labute approximate surface area is 116 Å². The maximum absolute atomic E-state index is 4.46. The van der Waals surface area contributed by atoms with Crippen LogP contribution in [0.25, 0.3) is 0 Å². The van der Waals surface area contributed by atoms with Crippen LogP contribution in [0.15, 0.2) is 4.99 Å². The molecule has 1 saturated carbocycles. The molecule has 2 rings (SSSR count). The van der Waals surface area contributed by atoms with Gasteiger partial charge < -0.3 is 10.2 Å². The first kappa shape index (κ1) is 14.1. The van der Waals surface area contributed by atoms with Gasteiger partial charge in [-0.2, -0.15) is 0 Å². The third-order valence-corrected chi connectivity index (χ3v) is 3.87. The van der Waals surface area contributed by atoms with Crippen molar-refractivity contribution < 1.29 is 0 Å². The Morgan fingerprint density at radius 3 is 2.75 bits per heavy atom. The Balaban J connectivity index is 0.00000128. The number of hydrogen-bond acceptors (Lipinski definition) is 3. The van der Waals surface area contributed by atoms with Gasteiger partial charge in [-0.25, -0.2) is 0 Å². The summed E-state index contributed by atoms with van der Waals surface area (Å²) in [6.45, 7) is 5.54. The topological polar surface area (TPSA) is 27.6 Å². The van der Waals surface area contributed by atoms with Crippen LogP contribution < -0.4 is 5.32 Å². The maximum Gasteiger partial charge on any atom is 0.193 e. The molecule has 1 N–H and O–H groups in total. The van der Waals surface area contributed by atoms with Crippen LogP contribution in [0, 0.1) is 11.8 Å². The average Bonchev–Trinajstić information content (AvgIpc) is 2.63. The summed E-state index contributed by atoms with van der Waals surface area (Å²) in [6, 6.07) is 0. The number of hydrogen-bond donors (Lipinski definition) is 1. The molecule has 4 heteroatoms. The Morgan fingerprint density at radius 1 is 1.38 bits per heavy atom. The lowest BCUT2D eigenvalue weighted by molar-refractivity contribution is 0.255. The van der Waals surface area contributed by atoms with Crippen molar-refractivity contribution in [3.63, 3.8) is 0 Å². The van der Waals surface area contributed by atoms with Crippen molar-refractivity contribution in [2.75, 3.05) is 26.7 Å². The van der Waals surface area contributed by atoms with E-state index in [2.05, 4.69) is 29.2 Å². The van der Waals surface area contributed by atoms with Crippen LogP contribution in [-0.4, -0.2) is 37.5 Å². The monoisotopic (exact) mass is 337 g/mol. The maximum atomic E-state index is 4.46. The van der Waals surface area contributed by atoms with Crippen molar-refractivity contribution in [1.29, 1.82) is 0 Å². The average molecular weight is 337 g/mol. The van der Waals surface area contributed by atoms with Crippen LogP contribution in [0.1, 0.15) is 32.6 Å². The minimum absolute atomic E-state index is 0. The fourth-order valence-electron chi connectivity index (χ4n) is 2.64. The van der Waals surface area contributed by atoms with Gasteiger partial charge in [-0.15, -0.1) is 24.0 Å². The van der Waals surface area contributed by atoms with Crippen LogP contribution >= 0.6 is 24.0 Å². The van der Waals surface area contributed by atoms with Gasteiger partial charge in [-0.1, -0.05) is 26.2 Å². The van der Waals surface area contributed by atoms with Gasteiger partial charge in [0.25, 0.3) is 0 Å². The number of nitrogens with zero attached hydrogens (tertiary/aromatic N) is 2. The summed E-state index contributed by atoms with van der Waals surface area (Å²) in [5.41, 5.74) is 0. The highest BCUT2D eigenvalue weighted by Crippen LogP contribution is 2.28. The van der Waals surface area contributed by atoms with E-state index < -0.39 is 0 Å². The molecule has 1 heterocycles. The minimum Gasteiger partial charge on any atom is -0.356 e. The van der Waals surface area contributed by atoms with E-state index in [-0.39, 0.29) is 24.0 Å². The normalized spacial score (nSPS) is 29.6. The van der Waals surface area contributed by atoms with Crippen molar-refractivity contribution in [2.45, 2.75) is 32.6 Å². The van der Waals surface area contributed by atoms with Crippen LogP contribution in [0.3, 0.4) is 0 Å². The number of likely N-dealkylation sites (N-methyl/N-ethyl adjacent to an activating group) is 1. The molecular weight excluding hydrogens is 313 g/mol. The molecule has 2 unspecified atom stereocenters. The molecule has 0 aromatic rings. The van der Waals surface area contributed by atoms with Gasteiger partial charge in [-0.05, 0) is 18.3 Å². The summed E-state index contributed by atoms with van der Waals surface area (Å²) in [7, 11) is 2.11. The molecule has 1 aliphatic carbocycles. The second-order valence-corrected chi connectivity index (χ2v) is 5.03. The summed E-state index contributed by atoms with van der Waals surface area (Å²) in [4.78, 5) is 6.67. The Hall–Kier alpha value is 0. The largest absolute Gasteiger partial charge is 0.356 e. The third kappa shape index (κ3) is 3.50. The summed E-state index contributed by atoms with van der Waals surface area (Å²) >= 11 is 0. The molecule has 1 aliphatic heterocycles. The van der Waals surface area contributed by atoms with E-state index >= 15 is 0 Å². The molecule has 0 aromatic heterocycles. The molecular formula is C12H24IN3. The molecule has 0 aromatic carbocycles. The van der Waals surface area contributed by atoms with Gasteiger partial charge in [0.2, 0.25) is 0 Å². The molecule has 16 heavy (non-hydrogen) atoms. The number of rotatable bonds is 2. The molecule has 2 atom stereocenters. The molecule has 0 amide bonds. The highest BCUT2D eigenvalue weighted by atomic mass is 127. The predicted molar refractivity (Wildman–Crippen MR) is 79.5 cm³/mol. The first-order chi connectivity index (χ1) is 7.27. The van der Waals surface area contributed by atoms with Crippen LogP contribution in [0.2, 0.25) is 0 Å². The Morgan fingerprint density at radius 2 is 2.12 bits per heavy atom. The van der Waals surface area contributed by atoms with Crippen LogP contribution in [-0.2, 0) is 0 Å². The lowest BCUT2D eigenvalue weighted by atomic mass is 9.80. The Bertz CT molecular complexity index is 242. The first-order valence-electron chi connectivity index (χ1n) is 6.27. The molecule has 0 spiro atoms. The van der Waals surface area contributed by atoms with Crippen molar-refractivity contribution in [1.82, 2.24) is 10.2 Å². The molecule has 1 fully saturated rings. The van der Waals surface area contributed by atoms with Crippen LogP contribution in [0.5, 0.6) is 0 Å². The van der Waals surface area contributed by atoms with E-state index in [0.717, 1.165) is 37.4 Å². The lowest BCUT2D eigenvalue weighted by Gasteiger charge is -2.29. The van der Waals surface area contributed by atoms with Gasteiger partial charge >= 0.3 is 0 Å². The van der Waals surface area contributed by atoms with Gasteiger partial charge in [0.1, 0.15) is 0 Å². The predicted octanol–water partition coefficient (Wildman–Crippen LogP) is 2.32. The summed E-state index contributed by atoms with van der Waals surface area (Å²) in [5, 5.41) is 3.51. The van der Waals surface area contributed by atoms with E-state index in [0.29, 0.717) is 0 Å². The minimum atomic E-state index is 0. The van der Waals surface area contributed by atoms with E-state index in [9.17, 15) is 0 Å². The summed E-state index contributed by atoms with van der Waals surface area (Å²) in [5.74, 6) is 2.85. The second-order valence-electron chi connectivity index (χ2n) is 5.03. The molecule has 2 aliphatic rings. The fourth-order valence-corrected chi connectivity index (χ4v) is 2.64. The van der Waals surface area contributed by atoms with E-state index in [4.69, 9.17) is 0 Å². The number of guanidine groups is 1. The standard InChI is InChI=1S/C12H23N3.HI/c1-10-5-3-4-6-11(10)9-14-12-13-7-8-15(12)2;/h10-11H,3-9H2,1-2H3,(H,13,14);1H. The number of halogens is 1. The van der Waals surface area contributed by atoms with Gasteiger partial charge in [0.15, 0.2) is 5.96 Å². The number of nitrogens with one attached hydrogen (secondary N) is 1. The van der Waals surface area contributed by atoms with E-state index in [1.54, 1.807) is 0 Å². The lowest BCUT2D eigenvalue weighted by Crippen LogP contribution is -2.40.